The molecule has 2 fully saturated rings. The van der Waals surface area contributed by atoms with Crippen molar-refractivity contribution in [2.24, 2.45) is 11.1 Å². The van der Waals surface area contributed by atoms with Gasteiger partial charge in [-0.1, -0.05) is 62.7 Å². The van der Waals surface area contributed by atoms with E-state index in [1.165, 1.54) is 18.2 Å². The van der Waals surface area contributed by atoms with Gasteiger partial charge in [0.25, 0.3) is 6.43 Å². The van der Waals surface area contributed by atoms with Crippen molar-refractivity contribution in [3.05, 3.63) is 70.8 Å². The zero-order chi connectivity index (χ0) is 39.4. The van der Waals surface area contributed by atoms with Gasteiger partial charge in [0.15, 0.2) is 5.82 Å². The third-order valence-electron chi connectivity index (χ3n) is 9.86. The fourth-order valence-corrected chi connectivity index (χ4v) is 6.26. The van der Waals surface area contributed by atoms with E-state index >= 15 is 0 Å². The Morgan fingerprint density at radius 3 is 2.17 bits per heavy atom. The molecule has 2 aliphatic rings. The number of ether oxygens (including phenoxy) is 1. The molecule has 0 radical (unpaired) electrons. The fourth-order valence-electron chi connectivity index (χ4n) is 6.06. The van der Waals surface area contributed by atoms with Crippen LogP contribution in [0.3, 0.4) is 0 Å². The molecule has 18 heteroatoms. The number of nitrogens with one attached hydrogen (secondary N) is 2. The lowest BCUT2D eigenvalue weighted by Gasteiger charge is -2.36. The Kier molecular flexibility index (Phi) is 10.8. The summed E-state index contributed by atoms with van der Waals surface area (Å²) in [6, 6.07) is 9.74. The quantitative estimate of drug-likeness (QED) is 0.150. The monoisotopic (exact) mass is 768 g/mol. The third-order valence-corrected chi connectivity index (χ3v) is 10.2. The van der Waals surface area contributed by atoms with Gasteiger partial charge in [-0.2, -0.15) is 18.3 Å². The largest absolute Gasteiger partial charge is 0.494 e. The van der Waals surface area contributed by atoms with Gasteiger partial charge in [-0.05, 0) is 81.1 Å². The third kappa shape index (κ3) is 8.47. The number of nitrogens with zero attached hydrogens (tertiary/aromatic N) is 3. The molecule has 2 aromatic carbocycles. The Labute approximate surface area is 309 Å². The van der Waals surface area contributed by atoms with Crippen molar-refractivity contribution >= 4 is 36.2 Å². The van der Waals surface area contributed by atoms with E-state index < -0.39 is 77.9 Å². The molecule has 4 N–H and O–H groups in total. The summed E-state index contributed by atoms with van der Waals surface area (Å²) in [7, 11) is -0.674. The van der Waals surface area contributed by atoms with Crippen LogP contribution in [0.25, 0.3) is 5.69 Å². The molecule has 3 aromatic rings. The molecule has 1 aromatic heterocycles. The molecule has 2 amide bonds. The number of amides is 2. The number of benzene rings is 2. The normalized spacial score (nSPS) is 19.4. The number of hydrogen-bond donors (Lipinski definition) is 3. The molecule has 5 rings (SSSR count). The number of alkyl halides is 5. The standard InChI is InChI=1S/C35H43BClF5N6O5/c1-30(2,3)18-34(43,21-9-11-22(12-10-21)36-52-31(4,5)32(6,7)53-36)28(49)46-24(17-51-29(50)47-33(14-15-33)35(40,41)42)20-8-13-23(37)25(16-20)48-27(26(38)39)44-19-45-48/h8-13,16,19,24,26H,14-15,17-18,43H2,1-7H3,(H,46,49)(H,47,50)/t24-,34-/m1/s1. The molecule has 1 aliphatic carbocycles. The van der Waals surface area contributed by atoms with Crippen molar-refractivity contribution in [2.45, 2.75) is 109 Å². The highest BCUT2D eigenvalue weighted by atomic mass is 35.5. The number of alkyl carbamates (subject to hydrolysis) is 1. The molecule has 0 spiro atoms. The van der Waals surface area contributed by atoms with Gasteiger partial charge in [0.1, 0.15) is 24.0 Å². The van der Waals surface area contributed by atoms with Gasteiger partial charge < -0.3 is 30.4 Å². The molecule has 1 saturated heterocycles. The van der Waals surface area contributed by atoms with E-state index in [0.717, 1.165) is 11.0 Å². The first-order valence-corrected chi connectivity index (χ1v) is 17.3. The van der Waals surface area contributed by atoms with Gasteiger partial charge in [0.2, 0.25) is 5.91 Å². The smallest absolute Gasteiger partial charge is 0.447 e. The second-order valence-corrected chi connectivity index (χ2v) is 16.2. The highest BCUT2D eigenvalue weighted by molar-refractivity contribution is 6.62. The summed E-state index contributed by atoms with van der Waals surface area (Å²) in [5.74, 6) is -1.43. The van der Waals surface area contributed by atoms with Gasteiger partial charge in [0, 0.05) is 0 Å². The van der Waals surface area contributed by atoms with Gasteiger partial charge in [-0.25, -0.2) is 23.2 Å². The van der Waals surface area contributed by atoms with Crippen molar-refractivity contribution in [1.82, 2.24) is 25.4 Å². The van der Waals surface area contributed by atoms with Crippen LogP contribution in [-0.4, -0.2) is 63.4 Å². The molecule has 2 atom stereocenters. The number of hydrogen-bond acceptors (Lipinski definition) is 8. The highest BCUT2D eigenvalue weighted by Gasteiger charge is 2.64. The topological polar surface area (TPSA) is 143 Å². The Hall–Kier alpha value is -3.80. The van der Waals surface area contributed by atoms with Crippen LogP contribution in [-0.2, 0) is 24.4 Å². The van der Waals surface area contributed by atoms with Crippen molar-refractivity contribution in [1.29, 1.82) is 0 Å². The van der Waals surface area contributed by atoms with Crippen LogP contribution < -0.4 is 21.8 Å². The lowest BCUT2D eigenvalue weighted by atomic mass is 9.73. The van der Waals surface area contributed by atoms with Crippen molar-refractivity contribution in [3.8, 4) is 5.69 Å². The Balaban J connectivity index is 1.48. The Morgan fingerprint density at radius 2 is 1.64 bits per heavy atom. The molecule has 53 heavy (non-hydrogen) atoms. The second-order valence-electron chi connectivity index (χ2n) is 15.8. The van der Waals surface area contributed by atoms with E-state index in [9.17, 15) is 31.5 Å². The summed E-state index contributed by atoms with van der Waals surface area (Å²) in [5.41, 5.74) is 2.47. The zero-order valence-electron chi connectivity index (χ0n) is 30.4. The van der Waals surface area contributed by atoms with Crippen molar-refractivity contribution in [3.63, 3.8) is 0 Å². The zero-order valence-corrected chi connectivity index (χ0v) is 31.2. The SMILES string of the molecule is CC(C)(C)C[C@](N)(C(=O)N[C@H](COC(=O)NC1(C(F)(F)F)CC1)c1ccc(Cl)c(-n2ncnc2C(F)F)c1)c1ccc(B2OC(C)(C)C(C)(C)O2)cc1. The van der Waals surface area contributed by atoms with Crippen molar-refractivity contribution in [2.75, 3.05) is 6.61 Å². The van der Waals surface area contributed by atoms with Crippen LogP contribution in [0.4, 0.5) is 26.7 Å². The van der Waals surface area contributed by atoms with Gasteiger partial charge in [-0.3, -0.25) is 4.79 Å². The average molecular weight is 769 g/mol. The number of halogens is 6. The molecular formula is C35H43BClF5N6O5. The maximum Gasteiger partial charge on any atom is 0.494 e. The molecule has 1 saturated carbocycles. The number of rotatable bonds is 11. The Bertz CT molecular complexity index is 1810. The first-order valence-electron chi connectivity index (χ1n) is 16.9. The van der Waals surface area contributed by atoms with E-state index in [1.807, 2.05) is 53.8 Å². The van der Waals surface area contributed by atoms with E-state index in [2.05, 4.69) is 15.4 Å². The summed E-state index contributed by atoms with van der Waals surface area (Å²) in [4.78, 5) is 30.7. The molecular weight excluding hydrogens is 726 g/mol. The molecule has 288 valence electrons. The first kappa shape index (κ1) is 40.4. The van der Waals surface area contributed by atoms with Crippen LogP contribution in [0.15, 0.2) is 48.8 Å². The van der Waals surface area contributed by atoms with Gasteiger partial charge >= 0.3 is 19.4 Å². The molecule has 0 bridgehead atoms. The van der Waals surface area contributed by atoms with Crippen LogP contribution in [0.5, 0.6) is 0 Å². The van der Waals surface area contributed by atoms with Crippen LogP contribution in [0, 0.1) is 5.41 Å². The van der Waals surface area contributed by atoms with Gasteiger partial charge in [0.05, 0.1) is 28.0 Å². The predicted octanol–water partition coefficient (Wildman–Crippen LogP) is 6.43. The minimum absolute atomic E-state index is 0.00580. The summed E-state index contributed by atoms with van der Waals surface area (Å²) in [6.45, 7) is 12.7. The average Bonchev–Trinajstić information content (AvgIpc) is 3.59. The van der Waals surface area contributed by atoms with E-state index in [4.69, 9.17) is 31.4 Å². The number of aromatic nitrogens is 3. The summed E-state index contributed by atoms with van der Waals surface area (Å²) >= 11 is 6.38. The van der Waals surface area contributed by atoms with E-state index in [-0.39, 0.29) is 35.5 Å². The number of nitrogens with two attached hydrogens (primary N) is 1. The van der Waals surface area contributed by atoms with E-state index in [1.54, 1.807) is 24.3 Å². The minimum atomic E-state index is -4.70. The maximum absolute atomic E-state index is 14.4. The Morgan fingerprint density at radius 1 is 1.04 bits per heavy atom. The summed E-state index contributed by atoms with van der Waals surface area (Å²) in [6.07, 6.45) is -8.68. The van der Waals surface area contributed by atoms with Crippen LogP contribution >= 0.6 is 11.6 Å². The summed E-state index contributed by atoms with van der Waals surface area (Å²) < 4.78 is 86.6. The minimum Gasteiger partial charge on any atom is -0.447 e. The van der Waals surface area contributed by atoms with Gasteiger partial charge in [-0.15, -0.1) is 0 Å². The summed E-state index contributed by atoms with van der Waals surface area (Å²) in [5, 5.41) is 8.54. The van der Waals surface area contributed by atoms with Crippen LogP contribution in [0.2, 0.25) is 5.02 Å². The lowest BCUT2D eigenvalue weighted by Crippen LogP contribution is -2.54. The first-order chi connectivity index (χ1) is 24.4. The fraction of sp³-hybridized carbons (Fsp3) is 0.543. The van der Waals surface area contributed by atoms with Crippen molar-refractivity contribution < 1.29 is 45.6 Å². The van der Waals surface area contributed by atoms with E-state index in [0.29, 0.717) is 11.0 Å². The maximum atomic E-state index is 14.4. The molecule has 0 unspecified atom stereocenters. The highest BCUT2D eigenvalue weighted by Crippen LogP contribution is 2.49. The number of carbonyl (C=O) groups is 2. The number of carbonyl (C=O) groups excluding carboxylic acids is 2. The predicted molar refractivity (Wildman–Crippen MR) is 187 cm³/mol. The lowest BCUT2D eigenvalue weighted by molar-refractivity contribution is -0.164. The molecule has 11 nitrogen and oxygen atoms in total. The van der Waals surface area contributed by atoms with Crippen LogP contribution in [0.1, 0.15) is 97.1 Å². The molecule has 2 heterocycles. The second kappa shape index (κ2) is 14.1. The molecule has 1 aliphatic heterocycles.